The van der Waals surface area contributed by atoms with Gasteiger partial charge >= 0.3 is 0 Å². The zero-order chi connectivity index (χ0) is 12.7. The first-order valence-electron chi connectivity index (χ1n) is 5.67. The highest BCUT2D eigenvalue weighted by Gasteiger charge is 2.48. The second kappa shape index (κ2) is 4.61. The molecule has 6 atom stereocenters. The van der Waals surface area contributed by atoms with Crippen LogP contribution < -0.4 is 0 Å². The van der Waals surface area contributed by atoms with E-state index < -0.39 is 37.0 Å². The molecule has 0 aliphatic carbocycles. The SMILES string of the molecule is OC1OC2COC(c3ccco3)OC2C(O)C1O. The number of fused-ring (bicyclic) bond motifs is 1. The molecule has 0 amide bonds. The Morgan fingerprint density at radius 2 is 1.94 bits per heavy atom. The molecule has 0 bridgehead atoms. The van der Waals surface area contributed by atoms with Gasteiger partial charge in [0.25, 0.3) is 0 Å². The maximum Gasteiger partial charge on any atom is 0.217 e. The van der Waals surface area contributed by atoms with Crippen molar-refractivity contribution in [3.63, 3.8) is 0 Å². The summed E-state index contributed by atoms with van der Waals surface area (Å²) in [6.45, 7) is 0.136. The van der Waals surface area contributed by atoms with Crippen LogP contribution in [0.15, 0.2) is 22.8 Å². The molecule has 3 rings (SSSR count). The van der Waals surface area contributed by atoms with Crippen molar-refractivity contribution < 1.29 is 33.9 Å². The van der Waals surface area contributed by atoms with E-state index in [1.165, 1.54) is 6.26 Å². The van der Waals surface area contributed by atoms with Gasteiger partial charge in [0.1, 0.15) is 24.4 Å². The Labute approximate surface area is 102 Å². The van der Waals surface area contributed by atoms with Gasteiger partial charge in [0.15, 0.2) is 12.1 Å². The lowest BCUT2D eigenvalue weighted by Crippen LogP contribution is -2.61. The average Bonchev–Trinajstić information content (AvgIpc) is 2.90. The van der Waals surface area contributed by atoms with Crippen LogP contribution in [0.5, 0.6) is 0 Å². The summed E-state index contributed by atoms with van der Waals surface area (Å²) in [4.78, 5) is 0. The number of hydrogen-bond acceptors (Lipinski definition) is 7. The first kappa shape index (κ1) is 12.1. The fraction of sp³-hybridized carbons (Fsp3) is 0.636. The van der Waals surface area contributed by atoms with Crippen molar-refractivity contribution >= 4 is 0 Å². The molecule has 7 nitrogen and oxygen atoms in total. The molecular formula is C11H14O7. The van der Waals surface area contributed by atoms with Crippen molar-refractivity contribution in [3.8, 4) is 0 Å². The molecule has 100 valence electrons. The molecule has 2 aliphatic heterocycles. The molecule has 0 spiro atoms. The predicted molar refractivity (Wildman–Crippen MR) is 55.2 cm³/mol. The lowest BCUT2D eigenvalue weighted by Gasteiger charge is -2.44. The molecule has 2 fully saturated rings. The van der Waals surface area contributed by atoms with Crippen molar-refractivity contribution in [1.29, 1.82) is 0 Å². The van der Waals surface area contributed by atoms with Crippen LogP contribution in [0, 0.1) is 0 Å². The Bertz CT molecular complexity index is 390. The van der Waals surface area contributed by atoms with E-state index in [0.29, 0.717) is 5.76 Å². The Balaban J connectivity index is 1.75. The average molecular weight is 258 g/mol. The summed E-state index contributed by atoms with van der Waals surface area (Å²) in [5.41, 5.74) is 0. The van der Waals surface area contributed by atoms with E-state index in [4.69, 9.17) is 18.6 Å². The molecule has 18 heavy (non-hydrogen) atoms. The van der Waals surface area contributed by atoms with E-state index in [1.807, 2.05) is 0 Å². The van der Waals surface area contributed by atoms with E-state index in [9.17, 15) is 15.3 Å². The van der Waals surface area contributed by atoms with Crippen molar-refractivity contribution in [2.24, 2.45) is 0 Å². The summed E-state index contributed by atoms with van der Waals surface area (Å²) in [6, 6.07) is 3.38. The number of rotatable bonds is 1. The van der Waals surface area contributed by atoms with Crippen LogP contribution in [0.3, 0.4) is 0 Å². The zero-order valence-corrected chi connectivity index (χ0v) is 9.38. The van der Waals surface area contributed by atoms with Gasteiger partial charge in [-0.05, 0) is 12.1 Å². The molecule has 7 heteroatoms. The highest BCUT2D eigenvalue weighted by atomic mass is 16.7. The maximum absolute atomic E-state index is 9.86. The predicted octanol–water partition coefficient (Wildman–Crippen LogP) is -0.867. The van der Waals surface area contributed by atoms with E-state index in [0.717, 1.165) is 0 Å². The van der Waals surface area contributed by atoms with Gasteiger partial charge < -0.3 is 33.9 Å². The Kier molecular flexibility index (Phi) is 3.10. The van der Waals surface area contributed by atoms with Crippen LogP contribution in [-0.2, 0) is 14.2 Å². The minimum atomic E-state index is -1.44. The van der Waals surface area contributed by atoms with Crippen LogP contribution in [-0.4, -0.2) is 52.6 Å². The fourth-order valence-corrected chi connectivity index (χ4v) is 2.16. The van der Waals surface area contributed by atoms with Crippen molar-refractivity contribution in [2.45, 2.75) is 37.0 Å². The van der Waals surface area contributed by atoms with Gasteiger partial charge in [-0.2, -0.15) is 0 Å². The van der Waals surface area contributed by atoms with Crippen LogP contribution >= 0.6 is 0 Å². The minimum Gasteiger partial charge on any atom is -0.464 e. The molecule has 3 N–H and O–H groups in total. The fourth-order valence-electron chi connectivity index (χ4n) is 2.16. The van der Waals surface area contributed by atoms with Gasteiger partial charge in [-0.25, -0.2) is 0 Å². The van der Waals surface area contributed by atoms with Crippen LogP contribution in [0.4, 0.5) is 0 Å². The lowest BCUT2D eigenvalue weighted by molar-refractivity contribution is -0.356. The number of hydrogen-bond donors (Lipinski definition) is 3. The summed E-state index contributed by atoms with van der Waals surface area (Å²) in [5, 5.41) is 28.8. The molecule has 0 saturated carbocycles. The van der Waals surface area contributed by atoms with Gasteiger partial charge in [0.05, 0.1) is 12.9 Å². The quantitative estimate of drug-likeness (QED) is 0.602. The summed E-state index contributed by atoms with van der Waals surface area (Å²) in [5.74, 6) is 0.473. The molecule has 2 aliphatic rings. The molecule has 2 saturated heterocycles. The molecular weight excluding hydrogens is 244 g/mol. The number of aliphatic hydroxyl groups is 3. The van der Waals surface area contributed by atoms with Gasteiger partial charge in [0, 0.05) is 0 Å². The zero-order valence-electron chi connectivity index (χ0n) is 9.38. The van der Waals surface area contributed by atoms with Crippen molar-refractivity contribution in [3.05, 3.63) is 24.2 Å². The third kappa shape index (κ3) is 1.95. The van der Waals surface area contributed by atoms with Crippen LogP contribution in [0.2, 0.25) is 0 Å². The van der Waals surface area contributed by atoms with Gasteiger partial charge in [-0.15, -0.1) is 0 Å². The topological polar surface area (TPSA) is 102 Å². The smallest absolute Gasteiger partial charge is 0.217 e. The molecule has 1 aromatic heterocycles. The number of aliphatic hydroxyl groups excluding tert-OH is 3. The standard InChI is InChI=1S/C11H14O7/c12-7-8(13)10(14)17-6-4-16-11(18-9(6)7)5-2-1-3-15-5/h1-3,6-14H,4H2. The maximum atomic E-state index is 9.86. The molecule has 0 aromatic carbocycles. The second-order valence-electron chi connectivity index (χ2n) is 4.33. The highest BCUT2D eigenvalue weighted by molar-refractivity contribution is 5.02. The highest BCUT2D eigenvalue weighted by Crippen LogP contribution is 2.33. The minimum absolute atomic E-state index is 0.136. The largest absolute Gasteiger partial charge is 0.464 e. The van der Waals surface area contributed by atoms with E-state index in [1.54, 1.807) is 12.1 Å². The molecule has 6 unspecified atom stereocenters. The van der Waals surface area contributed by atoms with E-state index in [2.05, 4.69) is 0 Å². The Morgan fingerprint density at radius 1 is 1.11 bits per heavy atom. The Morgan fingerprint density at radius 3 is 2.67 bits per heavy atom. The summed E-state index contributed by atoms with van der Waals surface area (Å²) < 4.78 is 21.1. The van der Waals surface area contributed by atoms with Crippen molar-refractivity contribution in [1.82, 2.24) is 0 Å². The molecule has 1 aromatic rings. The number of ether oxygens (including phenoxy) is 3. The van der Waals surface area contributed by atoms with Gasteiger partial charge in [-0.1, -0.05) is 0 Å². The lowest BCUT2D eigenvalue weighted by atomic mass is 9.98. The molecule has 0 radical (unpaired) electrons. The monoisotopic (exact) mass is 258 g/mol. The third-order valence-electron chi connectivity index (χ3n) is 3.13. The first-order valence-corrected chi connectivity index (χ1v) is 5.67. The molecule has 3 heterocycles. The van der Waals surface area contributed by atoms with E-state index in [-0.39, 0.29) is 6.61 Å². The Hall–Kier alpha value is -0.960. The van der Waals surface area contributed by atoms with E-state index >= 15 is 0 Å². The van der Waals surface area contributed by atoms with Crippen LogP contribution in [0.25, 0.3) is 0 Å². The van der Waals surface area contributed by atoms with Crippen LogP contribution in [0.1, 0.15) is 12.1 Å². The normalized spacial score (nSPS) is 44.6. The second-order valence-corrected chi connectivity index (χ2v) is 4.33. The third-order valence-corrected chi connectivity index (χ3v) is 3.13. The summed E-state index contributed by atoms with van der Waals surface area (Å²) in [7, 11) is 0. The number of furan rings is 1. The van der Waals surface area contributed by atoms with Crippen molar-refractivity contribution in [2.75, 3.05) is 6.61 Å². The summed E-state index contributed by atoms with van der Waals surface area (Å²) in [6.07, 6.45) is -4.73. The summed E-state index contributed by atoms with van der Waals surface area (Å²) >= 11 is 0. The first-order chi connectivity index (χ1) is 8.66. The van der Waals surface area contributed by atoms with Gasteiger partial charge in [0.2, 0.25) is 6.29 Å². The van der Waals surface area contributed by atoms with Gasteiger partial charge in [-0.3, -0.25) is 0 Å².